The van der Waals surface area contributed by atoms with E-state index < -0.39 is 42.4 Å². The van der Waals surface area contributed by atoms with Crippen molar-refractivity contribution in [2.45, 2.75) is 20.3 Å². The summed E-state index contributed by atoms with van der Waals surface area (Å²) in [7, 11) is 0. The molecule has 0 fully saturated rings. The van der Waals surface area contributed by atoms with E-state index in [1.54, 1.807) is 0 Å². The van der Waals surface area contributed by atoms with Gasteiger partial charge in [-0.05, 0) is 26.0 Å². The molecule has 0 aliphatic carbocycles. The lowest BCUT2D eigenvalue weighted by Crippen LogP contribution is -2.04. The predicted octanol–water partition coefficient (Wildman–Crippen LogP) is 3.53. The van der Waals surface area contributed by atoms with Gasteiger partial charge in [-0.2, -0.15) is 0 Å². The fourth-order valence-electron chi connectivity index (χ4n) is 2.71. The molecule has 0 aromatic heterocycles. The first-order valence-corrected chi connectivity index (χ1v) is 7.37. The number of benzene rings is 2. The third kappa shape index (κ3) is 3.84. The molecule has 12 heteroatoms. The van der Waals surface area contributed by atoms with Crippen LogP contribution in [0.3, 0.4) is 0 Å². The maximum Gasteiger partial charge on any atom is 0.279 e. The second-order valence-corrected chi connectivity index (χ2v) is 5.74. The van der Waals surface area contributed by atoms with Gasteiger partial charge in [-0.15, -0.1) is 0 Å². The van der Waals surface area contributed by atoms with E-state index in [-0.39, 0.29) is 28.7 Å². The minimum absolute atomic E-state index is 0.0273. The lowest BCUT2D eigenvalue weighted by molar-refractivity contribution is -0.395. The second-order valence-electron chi connectivity index (χ2n) is 5.74. The van der Waals surface area contributed by atoms with Crippen LogP contribution in [-0.2, 0) is 6.42 Å². The summed E-state index contributed by atoms with van der Waals surface area (Å²) in [6, 6.07) is 4.04. The second kappa shape index (κ2) is 7.11. The van der Waals surface area contributed by atoms with E-state index in [1.165, 1.54) is 26.0 Å². The van der Waals surface area contributed by atoms with Crippen molar-refractivity contribution < 1.29 is 19.7 Å². The number of hydrogen-bond donors (Lipinski definition) is 0. The van der Waals surface area contributed by atoms with Crippen LogP contribution in [-0.4, -0.2) is 19.7 Å². The van der Waals surface area contributed by atoms with Crippen molar-refractivity contribution in [3.8, 4) is 0 Å². The largest absolute Gasteiger partial charge is 0.279 e. The van der Waals surface area contributed by atoms with E-state index in [2.05, 4.69) is 0 Å². The fourth-order valence-corrected chi connectivity index (χ4v) is 2.71. The summed E-state index contributed by atoms with van der Waals surface area (Å²) in [5.41, 5.74) is -1.64. The average molecular weight is 376 g/mol. The molecule has 2 aromatic carbocycles. The molecule has 0 saturated carbocycles. The molecule has 0 heterocycles. The Labute approximate surface area is 150 Å². The summed E-state index contributed by atoms with van der Waals surface area (Å²) in [6.07, 6.45) is -0.287. The quantitative estimate of drug-likeness (QED) is 0.543. The molecule has 27 heavy (non-hydrogen) atoms. The van der Waals surface area contributed by atoms with Crippen LogP contribution >= 0.6 is 0 Å². The van der Waals surface area contributed by atoms with Crippen LogP contribution in [0.4, 0.5) is 22.7 Å². The number of hydrogen-bond acceptors (Lipinski definition) is 8. The maximum absolute atomic E-state index is 11.3. The average Bonchev–Trinajstić information content (AvgIpc) is 2.53. The van der Waals surface area contributed by atoms with Crippen LogP contribution in [0.2, 0.25) is 0 Å². The van der Waals surface area contributed by atoms with Gasteiger partial charge in [0.15, 0.2) is 0 Å². The standard InChI is InChI=1S/C15H12N4O8/c1-8-3-10(14(18(24)25)6-12(8)16(20)21)5-11-4-9(2)13(17(22)23)7-15(11)19(26)27/h3-4,6-7H,5H2,1-2H3. The number of nitrogens with zero attached hydrogens (tertiary/aromatic N) is 4. The molecule has 0 saturated heterocycles. The third-order valence-corrected chi connectivity index (χ3v) is 3.96. The minimum atomic E-state index is -0.814. The van der Waals surface area contributed by atoms with Gasteiger partial charge in [0, 0.05) is 28.7 Å². The molecule has 12 nitrogen and oxygen atoms in total. The van der Waals surface area contributed by atoms with Crippen LogP contribution in [0.15, 0.2) is 24.3 Å². The van der Waals surface area contributed by atoms with Gasteiger partial charge in [-0.25, -0.2) is 0 Å². The fraction of sp³-hybridized carbons (Fsp3) is 0.200. The molecule has 140 valence electrons. The van der Waals surface area contributed by atoms with E-state index in [4.69, 9.17) is 0 Å². The zero-order valence-corrected chi connectivity index (χ0v) is 14.1. The molecular formula is C15H12N4O8. The SMILES string of the molecule is Cc1cc(Cc2cc(C)c([N+](=O)[O-])cc2[N+](=O)[O-])c([N+](=O)[O-])cc1[N+](=O)[O-]. The van der Waals surface area contributed by atoms with Crippen LogP contribution in [0.1, 0.15) is 22.3 Å². The highest BCUT2D eigenvalue weighted by Gasteiger charge is 2.27. The van der Waals surface area contributed by atoms with E-state index in [0.717, 1.165) is 12.1 Å². The summed E-state index contributed by atoms with van der Waals surface area (Å²) < 4.78 is 0. The van der Waals surface area contributed by atoms with Gasteiger partial charge in [-0.1, -0.05) is 0 Å². The number of nitro benzene ring substituents is 4. The molecule has 0 unspecified atom stereocenters. The molecule has 0 bridgehead atoms. The summed E-state index contributed by atoms with van der Waals surface area (Å²) in [6.45, 7) is 2.78. The Morgan fingerprint density at radius 3 is 1.15 bits per heavy atom. The summed E-state index contributed by atoms with van der Waals surface area (Å²) in [5.74, 6) is 0. The van der Waals surface area contributed by atoms with Crippen molar-refractivity contribution in [3.63, 3.8) is 0 Å². The number of aryl methyl sites for hydroxylation is 2. The normalized spacial score (nSPS) is 10.4. The van der Waals surface area contributed by atoms with E-state index in [1.807, 2.05) is 0 Å². The zero-order chi connectivity index (χ0) is 20.5. The smallest absolute Gasteiger partial charge is 0.258 e. The Morgan fingerprint density at radius 1 is 0.593 bits per heavy atom. The van der Waals surface area contributed by atoms with Crippen molar-refractivity contribution >= 4 is 22.7 Å². The Hall–Kier alpha value is -3.96. The van der Waals surface area contributed by atoms with Crippen LogP contribution < -0.4 is 0 Å². The van der Waals surface area contributed by atoms with E-state index in [9.17, 15) is 40.5 Å². The Balaban J connectivity index is 2.66. The molecular weight excluding hydrogens is 364 g/mol. The number of rotatable bonds is 6. The van der Waals surface area contributed by atoms with Crippen LogP contribution in [0.5, 0.6) is 0 Å². The topological polar surface area (TPSA) is 173 Å². The van der Waals surface area contributed by atoms with Gasteiger partial charge >= 0.3 is 0 Å². The van der Waals surface area contributed by atoms with Crippen molar-refractivity contribution in [2.75, 3.05) is 0 Å². The summed E-state index contributed by atoms with van der Waals surface area (Å²) in [5, 5.41) is 44.5. The van der Waals surface area contributed by atoms with Gasteiger partial charge in [-0.3, -0.25) is 40.5 Å². The lowest BCUT2D eigenvalue weighted by atomic mass is 9.97. The highest BCUT2D eigenvalue weighted by atomic mass is 16.6. The van der Waals surface area contributed by atoms with E-state index in [0.29, 0.717) is 0 Å². The van der Waals surface area contributed by atoms with Crippen molar-refractivity contribution in [2.24, 2.45) is 0 Å². The molecule has 0 aliphatic rings. The molecule has 0 aliphatic heterocycles. The van der Waals surface area contributed by atoms with Gasteiger partial charge < -0.3 is 0 Å². The lowest BCUT2D eigenvalue weighted by Gasteiger charge is -2.08. The number of nitro groups is 4. The highest BCUT2D eigenvalue weighted by molar-refractivity contribution is 5.59. The molecule has 0 radical (unpaired) electrons. The summed E-state index contributed by atoms with van der Waals surface area (Å²) in [4.78, 5) is 41.4. The van der Waals surface area contributed by atoms with Gasteiger partial charge in [0.05, 0.1) is 31.8 Å². The molecule has 0 N–H and O–H groups in total. The highest BCUT2D eigenvalue weighted by Crippen LogP contribution is 2.34. The van der Waals surface area contributed by atoms with Crippen molar-refractivity contribution in [1.29, 1.82) is 0 Å². The first-order valence-electron chi connectivity index (χ1n) is 7.37. The predicted molar refractivity (Wildman–Crippen MR) is 91.8 cm³/mol. The minimum Gasteiger partial charge on any atom is -0.258 e. The molecule has 0 amide bonds. The maximum atomic E-state index is 11.3. The molecule has 0 spiro atoms. The third-order valence-electron chi connectivity index (χ3n) is 3.96. The van der Waals surface area contributed by atoms with Crippen molar-refractivity contribution in [1.82, 2.24) is 0 Å². The van der Waals surface area contributed by atoms with Crippen molar-refractivity contribution in [3.05, 3.63) is 87.0 Å². The van der Waals surface area contributed by atoms with Crippen LogP contribution in [0.25, 0.3) is 0 Å². The Kier molecular flexibility index (Phi) is 5.10. The molecule has 2 aromatic rings. The first-order chi connectivity index (χ1) is 12.5. The van der Waals surface area contributed by atoms with E-state index >= 15 is 0 Å². The first kappa shape index (κ1) is 19.4. The monoisotopic (exact) mass is 376 g/mol. The Morgan fingerprint density at radius 2 is 0.889 bits per heavy atom. The summed E-state index contributed by atoms with van der Waals surface area (Å²) >= 11 is 0. The molecule has 0 atom stereocenters. The van der Waals surface area contributed by atoms with Gasteiger partial charge in [0.25, 0.3) is 22.7 Å². The molecule has 2 rings (SSSR count). The van der Waals surface area contributed by atoms with Gasteiger partial charge in [0.2, 0.25) is 0 Å². The van der Waals surface area contributed by atoms with Gasteiger partial charge in [0.1, 0.15) is 0 Å². The van der Waals surface area contributed by atoms with Crippen LogP contribution in [0, 0.1) is 54.3 Å². The zero-order valence-electron chi connectivity index (χ0n) is 14.1. The Bertz CT molecular complexity index is 922.